The highest BCUT2D eigenvalue weighted by atomic mass is 35.5. The van der Waals surface area contributed by atoms with Crippen LogP contribution in [0.25, 0.3) is 0 Å². The number of carbonyl (C=O) groups excluding carboxylic acids is 1. The number of halogens is 1. The number of nitrogens with one attached hydrogen (secondary N) is 1. The smallest absolute Gasteiger partial charge is 0.220 e. The third-order valence-corrected chi connectivity index (χ3v) is 5.55. The standard InChI is InChI=1S/C16H23ClN2O4S/c1-24(21,22)19-10-8-13(9-11-19)18-16(20)7-4-12-23-15-6-3-2-5-14(15)17/h2-3,5-6,13H,4,7-12H2,1H3,(H,18,20). The zero-order chi connectivity index (χ0) is 17.6. The summed E-state index contributed by atoms with van der Waals surface area (Å²) in [7, 11) is -3.13. The molecule has 134 valence electrons. The third kappa shape index (κ3) is 5.96. The van der Waals surface area contributed by atoms with Crippen molar-refractivity contribution >= 4 is 27.5 Å². The fourth-order valence-corrected chi connectivity index (χ4v) is 3.67. The second kappa shape index (κ2) is 8.69. The molecular formula is C16H23ClN2O4S. The lowest BCUT2D eigenvalue weighted by Crippen LogP contribution is -2.46. The van der Waals surface area contributed by atoms with E-state index in [1.54, 1.807) is 12.1 Å². The molecule has 6 nitrogen and oxygen atoms in total. The fourth-order valence-electron chi connectivity index (χ4n) is 2.61. The highest BCUT2D eigenvalue weighted by molar-refractivity contribution is 7.88. The predicted molar refractivity (Wildman–Crippen MR) is 93.8 cm³/mol. The van der Waals surface area contributed by atoms with Gasteiger partial charge >= 0.3 is 0 Å². The normalized spacial score (nSPS) is 16.8. The summed E-state index contributed by atoms with van der Waals surface area (Å²) in [4.78, 5) is 11.9. The molecule has 1 aromatic rings. The Labute approximate surface area is 148 Å². The van der Waals surface area contributed by atoms with Crippen molar-refractivity contribution in [3.05, 3.63) is 29.3 Å². The van der Waals surface area contributed by atoms with Gasteiger partial charge < -0.3 is 10.1 Å². The molecule has 1 N–H and O–H groups in total. The van der Waals surface area contributed by atoms with Gasteiger partial charge in [0.15, 0.2) is 0 Å². The lowest BCUT2D eigenvalue weighted by Gasteiger charge is -2.30. The average molecular weight is 375 g/mol. The molecule has 1 aliphatic rings. The number of piperidine rings is 1. The van der Waals surface area contributed by atoms with Gasteiger partial charge in [0, 0.05) is 25.6 Å². The number of rotatable bonds is 7. The molecule has 0 aliphatic carbocycles. The van der Waals surface area contributed by atoms with Gasteiger partial charge in [0.25, 0.3) is 0 Å². The van der Waals surface area contributed by atoms with Gasteiger partial charge in [0.05, 0.1) is 17.9 Å². The summed E-state index contributed by atoms with van der Waals surface area (Å²) >= 11 is 5.99. The summed E-state index contributed by atoms with van der Waals surface area (Å²) in [5.74, 6) is 0.586. The molecule has 0 unspecified atom stereocenters. The Hall–Kier alpha value is -1.31. The second-order valence-corrected chi connectivity index (χ2v) is 8.28. The molecule has 8 heteroatoms. The van der Waals surface area contributed by atoms with Gasteiger partial charge in [-0.15, -0.1) is 0 Å². The number of sulfonamides is 1. The maximum atomic E-state index is 11.9. The highest BCUT2D eigenvalue weighted by Gasteiger charge is 2.25. The minimum atomic E-state index is -3.13. The van der Waals surface area contributed by atoms with E-state index in [2.05, 4.69) is 5.32 Å². The van der Waals surface area contributed by atoms with Crippen LogP contribution in [0.15, 0.2) is 24.3 Å². The van der Waals surface area contributed by atoms with E-state index < -0.39 is 10.0 Å². The number of carbonyl (C=O) groups is 1. The number of hydrogen-bond acceptors (Lipinski definition) is 4. The Morgan fingerprint density at radius 3 is 2.62 bits per heavy atom. The molecule has 1 amide bonds. The van der Waals surface area contributed by atoms with Crippen molar-refractivity contribution in [2.45, 2.75) is 31.7 Å². The Bertz CT molecular complexity index is 658. The van der Waals surface area contributed by atoms with Crippen LogP contribution in [-0.4, -0.2) is 50.6 Å². The summed E-state index contributed by atoms with van der Waals surface area (Å²) in [6, 6.07) is 7.26. The molecule has 0 spiro atoms. The van der Waals surface area contributed by atoms with Gasteiger partial charge in [-0.3, -0.25) is 4.79 Å². The second-order valence-electron chi connectivity index (χ2n) is 5.89. The number of benzene rings is 1. The van der Waals surface area contributed by atoms with Crippen LogP contribution in [0.3, 0.4) is 0 Å². The first-order valence-corrected chi connectivity index (χ1v) is 10.2. The van der Waals surface area contributed by atoms with Crippen LogP contribution in [0.1, 0.15) is 25.7 Å². The van der Waals surface area contributed by atoms with Crippen molar-refractivity contribution in [3.63, 3.8) is 0 Å². The Morgan fingerprint density at radius 2 is 2.00 bits per heavy atom. The molecule has 24 heavy (non-hydrogen) atoms. The summed E-state index contributed by atoms with van der Waals surface area (Å²) in [6.07, 6.45) is 3.48. The molecule has 1 aliphatic heterocycles. The number of para-hydroxylation sites is 1. The molecular weight excluding hydrogens is 352 g/mol. The Kier molecular flexibility index (Phi) is 6.89. The SMILES string of the molecule is CS(=O)(=O)N1CCC(NC(=O)CCCOc2ccccc2Cl)CC1. The van der Waals surface area contributed by atoms with Crippen molar-refractivity contribution in [2.24, 2.45) is 0 Å². The van der Waals surface area contributed by atoms with Crippen LogP contribution in [0.2, 0.25) is 5.02 Å². The molecule has 0 atom stereocenters. The monoisotopic (exact) mass is 374 g/mol. The predicted octanol–water partition coefficient (Wildman–Crippen LogP) is 2.04. The molecule has 0 bridgehead atoms. The fraction of sp³-hybridized carbons (Fsp3) is 0.562. The first kappa shape index (κ1) is 19.0. The Morgan fingerprint density at radius 1 is 1.33 bits per heavy atom. The van der Waals surface area contributed by atoms with E-state index >= 15 is 0 Å². The topological polar surface area (TPSA) is 75.7 Å². The first-order chi connectivity index (χ1) is 11.4. The summed E-state index contributed by atoms with van der Waals surface area (Å²) in [6.45, 7) is 1.34. The van der Waals surface area contributed by atoms with Gasteiger partial charge in [-0.25, -0.2) is 12.7 Å². The lowest BCUT2D eigenvalue weighted by molar-refractivity contribution is -0.122. The van der Waals surface area contributed by atoms with Gasteiger partial charge in [0.1, 0.15) is 5.75 Å². The van der Waals surface area contributed by atoms with Crippen molar-refractivity contribution < 1.29 is 17.9 Å². The van der Waals surface area contributed by atoms with E-state index in [1.807, 2.05) is 12.1 Å². The van der Waals surface area contributed by atoms with Gasteiger partial charge in [0.2, 0.25) is 15.9 Å². The van der Waals surface area contributed by atoms with Crippen molar-refractivity contribution in [1.82, 2.24) is 9.62 Å². The largest absolute Gasteiger partial charge is 0.492 e. The van der Waals surface area contributed by atoms with Gasteiger partial charge in [-0.2, -0.15) is 0 Å². The van der Waals surface area contributed by atoms with Crippen LogP contribution in [0.5, 0.6) is 5.75 Å². The average Bonchev–Trinajstić information content (AvgIpc) is 2.53. The number of nitrogens with zero attached hydrogens (tertiary/aromatic N) is 1. The Balaban J connectivity index is 1.63. The summed E-state index contributed by atoms with van der Waals surface area (Å²) in [5, 5.41) is 3.51. The molecule has 1 fully saturated rings. The van der Waals surface area contributed by atoms with E-state index in [0.29, 0.717) is 56.2 Å². The molecule has 1 aromatic carbocycles. The van der Waals surface area contributed by atoms with E-state index in [-0.39, 0.29) is 11.9 Å². The summed E-state index contributed by atoms with van der Waals surface area (Å²) in [5.41, 5.74) is 0. The molecule has 0 radical (unpaired) electrons. The molecule has 0 aromatic heterocycles. The maximum absolute atomic E-state index is 11.9. The molecule has 0 saturated carbocycles. The van der Waals surface area contributed by atoms with E-state index in [4.69, 9.17) is 16.3 Å². The van der Waals surface area contributed by atoms with Crippen LogP contribution in [0, 0.1) is 0 Å². The van der Waals surface area contributed by atoms with Gasteiger partial charge in [-0.1, -0.05) is 23.7 Å². The molecule has 1 saturated heterocycles. The lowest BCUT2D eigenvalue weighted by atomic mass is 10.1. The quantitative estimate of drug-likeness (QED) is 0.741. The van der Waals surface area contributed by atoms with Crippen LogP contribution in [0.4, 0.5) is 0 Å². The van der Waals surface area contributed by atoms with E-state index in [1.165, 1.54) is 10.6 Å². The van der Waals surface area contributed by atoms with Crippen LogP contribution in [-0.2, 0) is 14.8 Å². The molecule has 2 rings (SSSR count). The van der Waals surface area contributed by atoms with Crippen molar-refractivity contribution in [3.8, 4) is 5.75 Å². The van der Waals surface area contributed by atoms with Crippen molar-refractivity contribution in [1.29, 1.82) is 0 Å². The minimum Gasteiger partial charge on any atom is -0.492 e. The van der Waals surface area contributed by atoms with Gasteiger partial charge in [-0.05, 0) is 31.4 Å². The van der Waals surface area contributed by atoms with Crippen molar-refractivity contribution in [2.75, 3.05) is 26.0 Å². The maximum Gasteiger partial charge on any atom is 0.220 e. The number of ether oxygens (including phenoxy) is 1. The number of hydrogen-bond donors (Lipinski definition) is 1. The number of amides is 1. The summed E-state index contributed by atoms with van der Waals surface area (Å²) < 4.78 is 29.9. The third-order valence-electron chi connectivity index (χ3n) is 3.93. The minimum absolute atomic E-state index is 0.0319. The zero-order valence-corrected chi connectivity index (χ0v) is 15.3. The molecule has 1 heterocycles. The van der Waals surface area contributed by atoms with Crippen LogP contribution < -0.4 is 10.1 Å². The van der Waals surface area contributed by atoms with Crippen LogP contribution >= 0.6 is 11.6 Å². The van der Waals surface area contributed by atoms with E-state index in [9.17, 15) is 13.2 Å². The first-order valence-electron chi connectivity index (χ1n) is 7.98. The highest BCUT2D eigenvalue weighted by Crippen LogP contribution is 2.23. The zero-order valence-electron chi connectivity index (χ0n) is 13.7. The van der Waals surface area contributed by atoms with E-state index in [0.717, 1.165) is 0 Å².